The number of carbonyl (C=O) groups is 1. The van der Waals surface area contributed by atoms with E-state index in [9.17, 15) is 9.18 Å². The Morgan fingerprint density at radius 2 is 2.31 bits per heavy atom. The van der Waals surface area contributed by atoms with Crippen LogP contribution >= 0.6 is 0 Å². The highest BCUT2D eigenvalue weighted by atomic mass is 19.1. The number of pyridine rings is 1. The third-order valence-electron chi connectivity index (χ3n) is 1.68. The molecule has 1 N–H and O–H groups in total. The molecule has 1 aromatic heterocycles. The second-order valence-electron chi connectivity index (χ2n) is 2.96. The fraction of sp³-hybridized carbons (Fsp3) is 0.400. The van der Waals surface area contributed by atoms with E-state index < -0.39 is 5.95 Å². The van der Waals surface area contributed by atoms with Crippen molar-refractivity contribution < 1.29 is 18.7 Å². The van der Waals surface area contributed by atoms with Crippen molar-refractivity contribution in [3.8, 4) is 0 Å². The van der Waals surface area contributed by atoms with Crippen LogP contribution in [0.3, 0.4) is 0 Å². The summed E-state index contributed by atoms with van der Waals surface area (Å²) in [5, 5.41) is 2.51. The van der Waals surface area contributed by atoms with E-state index in [2.05, 4.69) is 10.3 Å². The molecular weight excluding hydrogens is 215 g/mol. The van der Waals surface area contributed by atoms with Crippen molar-refractivity contribution in [1.29, 1.82) is 0 Å². The summed E-state index contributed by atoms with van der Waals surface area (Å²) < 4.78 is 22.2. The van der Waals surface area contributed by atoms with Gasteiger partial charge < -0.3 is 14.8 Å². The van der Waals surface area contributed by atoms with Gasteiger partial charge in [0.15, 0.2) is 0 Å². The Labute approximate surface area is 92.6 Å². The van der Waals surface area contributed by atoms with Gasteiger partial charge in [-0.25, -0.2) is 4.98 Å². The number of ether oxygens (including phenoxy) is 2. The summed E-state index contributed by atoms with van der Waals surface area (Å²) in [4.78, 5) is 14.7. The molecule has 0 aliphatic carbocycles. The lowest BCUT2D eigenvalue weighted by Gasteiger charge is -2.05. The van der Waals surface area contributed by atoms with Gasteiger partial charge in [0.05, 0.1) is 25.1 Å². The average Bonchev–Trinajstić information content (AvgIpc) is 2.28. The topological polar surface area (TPSA) is 60.5 Å². The fourth-order valence-corrected chi connectivity index (χ4v) is 0.954. The van der Waals surface area contributed by atoms with Crippen LogP contribution in [0.5, 0.6) is 0 Å². The Bertz CT molecular complexity index is 329. The van der Waals surface area contributed by atoms with Crippen LogP contribution in [0.4, 0.5) is 10.1 Å². The van der Waals surface area contributed by atoms with Gasteiger partial charge in [-0.3, -0.25) is 4.79 Å². The summed E-state index contributed by atoms with van der Waals surface area (Å²) in [7, 11) is 1.55. The number of amides is 1. The number of hydrogen-bond donors (Lipinski definition) is 1. The standard InChI is InChI=1S/C10H13FN2O3/c1-15-4-5-16-7-10(14)13-8-2-3-9(11)12-6-8/h2-3,6H,4-5,7H2,1H3,(H,13,14). The molecule has 6 heteroatoms. The largest absolute Gasteiger partial charge is 0.382 e. The van der Waals surface area contributed by atoms with Crippen LogP contribution in [0, 0.1) is 5.95 Å². The monoisotopic (exact) mass is 228 g/mol. The van der Waals surface area contributed by atoms with Crippen LogP contribution in [0.1, 0.15) is 0 Å². The Balaban J connectivity index is 2.26. The molecule has 1 rings (SSSR count). The van der Waals surface area contributed by atoms with Crippen LogP contribution in [0.2, 0.25) is 0 Å². The summed E-state index contributed by atoms with van der Waals surface area (Å²) in [5.74, 6) is -0.904. The Kier molecular flexibility index (Phi) is 5.38. The third kappa shape index (κ3) is 4.81. The number of methoxy groups -OCH3 is 1. The molecule has 1 amide bonds. The van der Waals surface area contributed by atoms with Crippen molar-refractivity contribution >= 4 is 11.6 Å². The van der Waals surface area contributed by atoms with Crippen LogP contribution < -0.4 is 5.32 Å². The number of anilines is 1. The van der Waals surface area contributed by atoms with E-state index in [0.717, 1.165) is 0 Å². The molecule has 5 nitrogen and oxygen atoms in total. The Morgan fingerprint density at radius 1 is 1.50 bits per heavy atom. The maximum Gasteiger partial charge on any atom is 0.250 e. The first kappa shape index (κ1) is 12.5. The van der Waals surface area contributed by atoms with Crippen molar-refractivity contribution in [2.75, 3.05) is 32.2 Å². The number of nitrogens with zero attached hydrogens (tertiary/aromatic N) is 1. The SMILES string of the molecule is COCCOCC(=O)Nc1ccc(F)nc1. The summed E-state index contributed by atoms with van der Waals surface area (Å²) in [5.41, 5.74) is 0.432. The maximum absolute atomic E-state index is 12.4. The Morgan fingerprint density at radius 3 is 2.94 bits per heavy atom. The van der Waals surface area contributed by atoms with Crippen LogP contribution in [0.25, 0.3) is 0 Å². The lowest BCUT2D eigenvalue weighted by atomic mass is 10.4. The quantitative estimate of drug-likeness (QED) is 0.578. The number of aromatic nitrogens is 1. The first-order chi connectivity index (χ1) is 7.72. The number of carbonyl (C=O) groups excluding carboxylic acids is 1. The molecule has 0 unspecified atom stereocenters. The van der Waals surface area contributed by atoms with Crippen LogP contribution in [-0.2, 0) is 14.3 Å². The molecule has 0 aliphatic rings. The molecule has 0 fully saturated rings. The molecule has 0 saturated carbocycles. The van der Waals surface area contributed by atoms with Crippen molar-refractivity contribution in [2.24, 2.45) is 0 Å². The molecule has 1 heterocycles. The van der Waals surface area contributed by atoms with E-state index >= 15 is 0 Å². The zero-order valence-corrected chi connectivity index (χ0v) is 8.90. The van der Waals surface area contributed by atoms with Gasteiger partial charge >= 0.3 is 0 Å². The number of hydrogen-bond acceptors (Lipinski definition) is 4. The van der Waals surface area contributed by atoms with Crippen LogP contribution in [-0.4, -0.2) is 37.8 Å². The summed E-state index contributed by atoms with van der Waals surface area (Å²) in [6.07, 6.45) is 1.24. The van der Waals surface area contributed by atoms with Gasteiger partial charge in [0.1, 0.15) is 6.61 Å². The fourth-order valence-electron chi connectivity index (χ4n) is 0.954. The van der Waals surface area contributed by atoms with Gasteiger partial charge in [-0.2, -0.15) is 4.39 Å². The number of halogens is 1. The molecular formula is C10H13FN2O3. The number of nitrogens with one attached hydrogen (secondary N) is 1. The minimum Gasteiger partial charge on any atom is -0.382 e. The van der Waals surface area contributed by atoms with E-state index in [0.29, 0.717) is 18.9 Å². The number of rotatable bonds is 6. The molecule has 0 aliphatic heterocycles. The van der Waals surface area contributed by atoms with Gasteiger partial charge in [-0.15, -0.1) is 0 Å². The molecule has 88 valence electrons. The van der Waals surface area contributed by atoms with Gasteiger partial charge in [0, 0.05) is 7.11 Å². The zero-order chi connectivity index (χ0) is 11.8. The zero-order valence-electron chi connectivity index (χ0n) is 8.90. The smallest absolute Gasteiger partial charge is 0.250 e. The highest BCUT2D eigenvalue weighted by Crippen LogP contribution is 2.04. The lowest BCUT2D eigenvalue weighted by molar-refractivity contribution is -0.121. The highest BCUT2D eigenvalue weighted by Gasteiger charge is 2.02. The van der Waals surface area contributed by atoms with E-state index in [4.69, 9.17) is 9.47 Å². The van der Waals surface area contributed by atoms with Crippen LogP contribution in [0.15, 0.2) is 18.3 Å². The molecule has 0 atom stereocenters. The van der Waals surface area contributed by atoms with E-state index in [1.165, 1.54) is 18.3 Å². The van der Waals surface area contributed by atoms with Gasteiger partial charge in [0.25, 0.3) is 0 Å². The summed E-state index contributed by atoms with van der Waals surface area (Å²) >= 11 is 0. The molecule has 0 aromatic carbocycles. The minimum absolute atomic E-state index is 0.0687. The molecule has 1 aromatic rings. The highest BCUT2D eigenvalue weighted by molar-refractivity contribution is 5.91. The van der Waals surface area contributed by atoms with Crippen molar-refractivity contribution in [3.05, 3.63) is 24.3 Å². The maximum atomic E-state index is 12.4. The van der Waals surface area contributed by atoms with Crippen molar-refractivity contribution in [2.45, 2.75) is 0 Å². The van der Waals surface area contributed by atoms with E-state index in [1.54, 1.807) is 7.11 Å². The third-order valence-corrected chi connectivity index (χ3v) is 1.68. The Hall–Kier alpha value is -1.53. The van der Waals surface area contributed by atoms with E-state index in [1.807, 2.05) is 0 Å². The molecule has 0 spiro atoms. The van der Waals surface area contributed by atoms with Gasteiger partial charge in [0.2, 0.25) is 11.9 Å². The molecule has 0 saturated heterocycles. The predicted octanol–water partition coefficient (Wildman–Crippen LogP) is 0.822. The second-order valence-corrected chi connectivity index (χ2v) is 2.96. The first-order valence-corrected chi connectivity index (χ1v) is 4.70. The van der Waals surface area contributed by atoms with Crippen molar-refractivity contribution in [1.82, 2.24) is 4.98 Å². The predicted molar refractivity (Wildman–Crippen MR) is 55.5 cm³/mol. The summed E-state index contributed by atoms with van der Waals surface area (Å²) in [6.45, 7) is 0.720. The average molecular weight is 228 g/mol. The lowest BCUT2D eigenvalue weighted by Crippen LogP contribution is -2.19. The van der Waals surface area contributed by atoms with Gasteiger partial charge in [-0.1, -0.05) is 0 Å². The molecule has 0 bridgehead atoms. The van der Waals surface area contributed by atoms with Crippen molar-refractivity contribution in [3.63, 3.8) is 0 Å². The first-order valence-electron chi connectivity index (χ1n) is 4.70. The normalized spacial score (nSPS) is 10.1. The minimum atomic E-state index is -0.589. The second kappa shape index (κ2) is 6.86. The molecule has 0 radical (unpaired) electrons. The van der Waals surface area contributed by atoms with E-state index in [-0.39, 0.29) is 12.5 Å². The summed E-state index contributed by atoms with van der Waals surface area (Å²) in [6, 6.07) is 2.59. The molecule has 16 heavy (non-hydrogen) atoms. The van der Waals surface area contributed by atoms with Gasteiger partial charge in [-0.05, 0) is 12.1 Å².